The second-order valence-corrected chi connectivity index (χ2v) is 6.23. The van der Waals surface area contributed by atoms with Gasteiger partial charge in [-0.15, -0.1) is 0 Å². The molecule has 6 nitrogen and oxygen atoms in total. The van der Waals surface area contributed by atoms with Crippen molar-refractivity contribution in [3.05, 3.63) is 71.8 Å². The molecule has 0 aliphatic heterocycles. The van der Waals surface area contributed by atoms with E-state index >= 15 is 0 Å². The third-order valence-corrected chi connectivity index (χ3v) is 3.91. The van der Waals surface area contributed by atoms with Crippen LogP contribution >= 0.6 is 0 Å². The average Bonchev–Trinajstić information content (AvgIpc) is 2.65. The Morgan fingerprint density at radius 1 is 0.889 bits per heavy atom. The third kappa shape index (κ3) is 6.93. The Kier molecular flexibility index (Phi) is 7.55. The van der Waals surface area contributed by atoms with Gasteiger partial charge in [-0.25, -0.2) is 0 Å². The topological polar surface area (TPSA) is 84.5 Å². The summed E-state index contributed by atoms with van der Waals surface area (Å²) in [4.78, 5) is 35.9. The number of hydrogen-bond acceptors (Lipinski definition) is 4. The van der Waals surface area contributed by atoms with Gasteiger partial charge in [-0.3, -0.25) is 14.4 Å². The van der Waals surface area contributed by atoms with Gasteiger partial charge in [0.05, 0.1) is 6.04 Å². The summed E-state index contributed by atoms with van der Waals surface area (Å²) in [6, 6.07) is 18.1. The maximum Gasteiger partial charge on any atom is 0.303 e. The van der Waals surface area contributed by atoms with E-state index in [1.54, 1.807) is 0 Å². The molecule has 0 saturated carbocycles. The zero-order chi connectivity index (χ0) is 19.6. The summed E-state index contributed by atoms with van der Waals surface area (Å²) in [6.07, 6.45) is -0.771. The fraction of sp³-hybridized carbons (Fsp3) is 0.286. The maximum absolute atomic E-state index is 12.7. The van der Waals surface area contributed by atoms with Gasteiger partial charge in [0.1, 0.15) is 0 Å². The molecule has 2 rings (SSSR count). The van der Waals surface area contributed by atoms with Crippen LogP contribution in [0.1, 0.15) is 25.0 Å². The fourth-order valence-electron chi connectivity index (χ4n) is 2.75. The Balaban J connectivity index is 2.16. The van der Waals surface area contributed by atoms with Crippen LogP contribution in [0.2, 0.25) is 0 Å². The van der Waals surface area contributed by atoms with Gasteiger partial charge >= 0.3 is 5.97 Å². The predicted molar refractivity (Wildman–Crippen MR) is 102 cm³/mol. The molecule has 0 fully saturated rings. The van der Waals surface area contributed by atoms with Gasteiger partial charge in [0.15, 0.2) is 6.10 Å². The summed E-state index contributed by atoms with van der Waals surface area (Å²) >= 11 is 0. The van der Waals surface area contributed by atoms with Crippen LogP contribution in [0.3, 0.4) is 0 Å². The van der Waals surface area contributed by atoms with Gasteiger partial charge in [-0.1, -0.05) is 60.7 Å². The van der Waals surface area contributed by atoms with Crippen LogP contribution in [0, 0.1) is 0 Å². The van der Waals surface area contributed by atoms with E-state index in [9.17, 15) is 14.4 Å². The molecule has 0 heterocycles. The van der Waals surface area contributed by atoms with Gasteiger partial charge in [0.25, 0.3) is 5.91 Å². The molecule has 2 aromatic rings. The van der Waals surface area contributed by atoms with Gasteiger partial charge < -0.3 is 15.4 Å². The lowest BCUT2D eigenvalue weighted by atomic mass is 10.00. The number of amides is 2. The molecule has 142 valence electrons. The lowest BCUT2D eigenvalue weighted by Crippen LogP contribution is -2.53. The molecule has 0 saturated heterocycles. The van der Waals surface area contributed by atoms with Crippen LogP contribution in [0.4, 0.5) is 0 Å². The average molecular weight is 368 g/mol. The molecule has 2 amide bonds. The summed E-state index contributed by atoms with van der Waals surface area (Å²) in [5.41, 5.74) is 1.84. The van der Waals surface area contributed by atoms with Crippen LogP contribution < -0.4 is 10.6 Å². The standard InChI is InChI=1S/C21H24N2O4/c1-15(24)23-19(13-17-9-5-3-6-10-17)20(27-16(2)25)21(26)22-14-18-11-7-4-8-12-18/h3-12,19-20H,13-14H2,1-2H3,(H,22,26)(H,23,24)/t19-,20-/m0/s1. The highest BCUT2D eigenvalue weighted by Gasteiger charge is 2.32. The smallest absolute Gasteiger partial charge is 0.303 e. The first kappa shape index (κ1) is 20.2. The second-order valence-electron chi connectivity index (χ2n) is 6.23. The van der Waals surface area contributed by atoms with Crippen molar-refractivity contribution < 1.29 is 19.1 Å². The summed E-state index contributed by atoms with van der Waals surface area (Å²) in [7, 11) is 0. The molecule has 0 aliphatic rings. The Labute approximate surface area is 158 Å². The lowest BCUT2D eigenvalue weighted by Gasteiger charge is -2.26. The zero-order valence-corrected chi connectivity index (χ0v) is 15.5. The number of nitrogens with one attached hydrogen (secondary N) is 2. The van der Waals surface area contributed by atoms with Crippen molar-refractivity contribution in [2.24, 2.45) is 0 Å². The van der Waals surface area contributed by atoms with Crippen molar-refractivity contribution in [1.82, 2.24) is 10.6 Å². The fourth-order valence-corrected chi connectivity index (χ4v) is 2.75. The number of benzene rings is 2. The summed E-state index contributed by atoms with van der Waals surface area (Å²) in [5.74, 6) is -1.34. The normalized spacial score (nSPS) is 12.5. The maximum atomic E-state index is 12.7. The van der Waals surface area contributed by atoms with Crippen molar-refractivity contribution in [3.63, 3.8) is 0 Å². The van der Waals surface area contributed by atoms with E-state index in [2.05, 4.69) is 10.6 Å². The van der Waals surface area contributed by atoms with E-state index in [0.29, 0.717) is 13.0 Å². The lowest BCUT2D eigenvalue weighted by molar-refractivity contribution is -0.156. The van der Waals surface area contributed by atoms with Crippen molar-refractivity contribution in [1.29, 1.82) is 0 Å². The molecule has 2 atom stereocenters. The molecule has 2 aromatic carbocycles. The quantitative estimate of drug-likeness (QED) is 0.698. The number of carbonyl (C=O) groups is 3. The monoisotopic (exact) mass is 368 g/mol. The van der Waals surface area contributed by atoms with Crippen LogP contribution in [-0.4, -0.2) is 29.9 Å². The van der Waals surface area contributed by atoms with E-state index in [-0.39, 0.29) is 5.91 Å². The van der Waals surface area contributed by atoms with Gasteiger partial charge in [-0.05, 0) is 17.5 Å². The molecular weight excluding hydrogens is 344 g/mol. The predicted octanol–water partition coefficient (Wildman–Crippen LogP) is 1.98. The Morgan fingerprint density at radius 3 is 1.96 bits per heavy atom. The number of rotatable bonds is 8. The first-order valence-corrected chi connectivity index (χ1v) is 8.75. The van der Waals surface area contributed by atoms with Gasteiger partial charge in [0, 0.05) is 20.4 Å². The molecule has 0 radical (unpaired) electrons. The number of ether oxygens (including phenoxy) is 1. The molecule has 6 heteroatoms. The Hall–Kier alpha value is -3.15. The van der Waals surface area contributed by atoms with Crippen molar-refractivity contribution in [2.45, 2.75) is 39.0 Å². The molecule has 2 N–H and O–H groups in total. The molecule has 0 aromatic heterocycles. The van der Waals surface area contributed by atoms with Crippen LogP contribution in [-0.2, 0) is 32.1 Å². The number of carbonyl (C=O) groups excluding carboxylic acids is 3. The highest BCUT2D eigenvalue weighted by molar-refractivity contribution is 5.85. The summed E-state index contributed by atoms with van der Waals surface area (Å²) in [5, 5.41) is 5.51. The molecule has 0 aliphatic carbocycles. The van der Waals surface area contributed by atoms with Crippen molar-refractivity contribution in [3.8, 4) is 0 Å². The first-order chi connectivity index (χ1) is 13.0. The second kappa shape index (κ2) is 10.1. The van der Waals surface area contributed by atoms with E-state index in [1.165, 1.54) is 13.8 Å². The van der Waals surface area contributed by atoms with Crippen molar-refractivity contribution in [2.75, 3.05) is 0 Å². The van der Waals surface area contributed by atoms with Crippen molar-refractivity contribution >= 4 is 17.8 Å². The summed E-state index contributed by atoms with van der Waals surface area (Å²) in [6.45, 7) is 2.91. The molecule has 0 unspecified atom stereocenters. The van der Waals surface area contributed by atoms with Crippen LogP contribution in [0.15, 0.2) is 60.7 Å². The van der Waals surface area contributed by atoms with Gasteiger partial charge in [0.2, 0.25) is 5.91 Å². The van der Waals surface area contributed by atoms with E-state index in [4.69, 9.17) is 4.74 Å². The van der Waals surface area contributed by atoms with Crippen LogP contribution in [0.25, 0.3) is 0 Å². The zero-order valence-electron chi connectivity index (χ0n) is 15.5. The van der Waals surface area contributed by atoms with E-state index in [0.717, 1.165) is 11.1 Å². The minimum Gasteiger partial charge on any atom is -0.450 e. The largest absolute Gasteiger partial charge is 0.450 e. The van der Waals surface area contributed by atoms with E-state index in [1.807, 2.05) is 60.7 Å². The third-order valence-electron chi connectivity index (χ3n) is 3.91. The SMILES string of the molecule is CC(=O)N[C@@H](Cc1ccccc1)[C@H](OC(C)=O)C(=O)NCc1ccccc1. The Morgan fingerprint density at radius 2 is 1.44 bits per heavy atom. The Bertz CT molecular complexity index is 762. The molecule has 0 spiro atoms. The minimum atomic E-state index is -1.13. The van der Waals surface area contributed by atoms with Gasteiger partial charge in [-0.2, -0.15) is 0 Å². The van der Waals surface area contributed by atoms with E-state index < -0.39 is 24.0 Å². The minimum absolute atomic E-state index is 0.301. The molecular formula is C21H24N2O4. The highest BCUT2D eigenvalue weighted by atomic mass is 16.5. The highest BCUT2D eigenvalue weighted by Crippen LogP contribution is 2.11. The summed E-state index contributed by atoms with van der Waals surface area (Å²) < 4.78 is 5.27. The number of hydrogen-bond donors (Lipinski definition) is 2. The molecule has 0 bridgehead atoms. The van der Waals surface area contributed by atoms with Crippen LogP contribution in [0.5, 0.6) is 0 Å². The molecule has 27 heavy (non-hydrogen) atoms. The number of esters is 1. The first-order valence-electron chi connectivity index (χ1n) is 8.75.